The van der Waals surface area contributed by atoms with Crippen molar-refractivity contribution in [3.05, 3.63) is 35.9 Å². The lowest BCUT2D eigenvalue weighted by Gasteiger charge is -2.35. The topological polar surface area (TPSA) is 42.9 Å². The first-order valence-electron chi connectivity index (χ1n) is 6.47. The van der Waals surface area contributed by atoms with Gasteiger partial charge in [-0.25, -0.2) is 0 Å². The zero-order chi connectivity index (χ0) is 12.8. The predicted molar refractivity (Wildman–Crippen MR) is 73.6 cm³/mol. The fraction of sp³-hybridized carbons (Fsp3) is 0.500. The highest BCUT2D eigenvalue weighted by Gasteiger charge is 2.40. The van der Waals surface area contributed by atoms with Crippen LogP contribution in [0.1, 0.15) is 24.8 Å². The Hall–Kier alpha value is -1.00. The van der Waals surface area contributed by atoms with Gasteiger partial charge in [0.2, 0.25) is 0 Å². The van der Waals surface area contributed by atoms with Crippen LogP contribution in [0.5, 0.6) is 0 Å². The Labute approximate surface area is 113 Å². The maximum absolute atomic E-state index is 11.8. The summed E-state index contributed by atoms with van der Waals surface area (Å²) in [5.74, 6) is 0.386. The Morgan fingerprint density at radius 1 is 1.39 bits per heavy atom. The summed E-state index contributed by atoms with van der Waals surface area (Å²) in [5, 5.41) is 2.23. The molecule has 1 fully saturated rings. The number of esters is 1. The molecule has 1 aliphatic heterocycles. The molecule has 0 bridgehead atoms. The summed E-state index contributed by atoms with van der Waals surface area (Å²) >= 11 is 4.08. The smallest absolute Gasteiger partial charge is 0.307 e. The van der Waals surface area contributed by atoms with E-state index < -0.39 is 5.60 Å². The molecule has 1 aliphatic rings. The minimum Gasteiger partial charge on any atom is -0.448 e. The normalized spacial score (nSPS) is 23.6. The van der Waals surface area contributed by atoms with Gasteiger partial charge in [-0.2, -0.15) is 12.6 Å². The van der Waals surface area contributed by atoms with Crippen molar-refractivity contribution < 1.29 is 14.8 Å². The number of nitrogens with two attached hydrogens (primary N) is 1. The van der Waals surface area contributed by atoms with Crippen molar-refractivity contribution in [1.82, 2.24) is 0 Å². The zero-order valence-electron chi connectivity index (χ0n) is 10.5. The van der Waals surface area contributed by atoms with Gasteiger partial charge in [-0.15, -0.1) is 0 Å². The Morgan fingerprint density at radius 3 is 2.78 bits per heavy atom. The molecule has 1 atom stereocenters. The fourth-order valence-corrected chi connectivity index (χ4v) is 2.67. The van der Waals surface area contributed by atoms with Gasteiger partial charge in [0.15, 0.2) is 5.60 Å². The summed E-state index contributed by atoms with van der Waals surface area (Å²) in [4.78, 5) is 11.8. The number of carbonyl (C=O) groups is 1. The molecule has 0 aliphatic carbocycles. The van der Waals surface area contributed by atoms with Crippen LogP contribution in [0.2, 0.25) is 0 Å². The van der Waals surface area contributed by atoms with Crippen LogP contribution in [0.4, 0.5) is 0 Å². The summed E-state index contributed by atoms with van der Waals surface area (Å²) in [6, 6.07) is 10.1. The Bertz CT molecular complexity index is 388. The molecule has 1 saturated heterocycles. The van der Waals surface area contributed by atoms with Gasteiger partial charge in [0, 0.05) is 24.2 Å². The Balaban J connectivity index is 2.20. The van der Waals surface area contributed by atoms with E-state index in [9.17, 15) is 4.79 Å². The van der Waals surface area contributed by atoms with Crippen LogP contribution in [0.25, 0.3) is 0 Å². The lowest BCUT2D eigenvalue weighted by atomic mass is 9.86. The summed E-state index contributed by atoms with van der Waals surface area (Å²) in [5.41, 5.74) is 0.660. The van der Waals surface area contributed by atoms with E-state index in [1.54, 1.807) is 0 Å². The quantitative estimate of drug-likeness (QED) is 0.633. The first-order chi connectivity index (χ1) is 8.77. The molecular weight excluding hydrogens is 246 g/mol. The van der Waals surface area contributed by atoms with E-state index in [0.29, 0.717) is 12.2 Å². The van der Waals surface area contributed by atoms with Crippen molar-refractivity contribution in [2.24, 2.45) is 0 Å². The molecule has 2 rings (SSSR count). The van der Waals surface area contributed by atoms with Gasteiger partial charge in [-0.3, -0.25) is 4.79 Å². The standard InChI is InChI=1S/C14H19NO2S/c16-13(7-10-18)17-14(8-4-9-15-11-14)12-5-2-1-3-6-12/h1-3,5-6,15,18H,4,7-11H2/p+1. The average Bonchev–Trinajstić information content (AvgIpc) is 2.41. The van der Waals surface area contributed by atoms with E-state index >= 15 is 0 Å². The SMILES string of the molecule is O=C(CCS)OC1(c2ccccc2)CCC[NH2+]C1. The van der Waals surface area contributed by atoms with Gasteiger partial charge in [-0.1, -0.05) is 30.3 Å². The summed E-state index contributed by atoms with van der Waals surface area (Å²) in [7, 11) is 0. The minimum atomic E-state index is -0.445. The molecule has 2 N–H and O–H groups in total. The zero-order valence-corrected chi connectivity index (χ0v) is 11.4. The highest BCUT2D eigenvalue weighted by Crippen LogP contribution is 2.31. The summed E-state index contributed by atoms with van der Waals surface area (Å²) in [6.45, 7) is 1.92. The highest BCUT2D eigenvalue weighted by atomic mass is 32.1. The minimum absolute atomic E-state index is 0.149. The lowest BCUT2D eigenvalue weighted by Crippen LogP contribution is -2.90. The van der Waals surface area contributed by atoms with Gasteiger partial charge in [0.1, 0.15) is 6.54 Å². The lowest BCUT2D eigenvalue weighted by molar-refractivity contribution is -0.678. The number of rotatable bonds is 4. The first-order valence-corrected chi connectivity index (χ1v) is 7.10. The molecule has 0 aromatic heterocycles. The molecule has 0 amide bonds. The molecule has 1 aromatic carbocycles. The number of carbonyl (C=O) groups excluding carboxylic acids is 1. The monoisotopic (exact) mass is 266 g/mol. The number of hydrogen-bond acceptors (Lipinski definition) is 3. The maximum Gasteiger partial charge on any atom is 0.307 e. The van der Waals surface area contributed by atoms with Gasteiger partial charge in [-0.05, 0) is 0 Å². The second kappa shape index (κ2) is 6.25. The third-order valence-corrected chi connectivity index (χ3v) is 3.61. The van der Waals surface area contributed by atoms with Crippen LogP contribution in [0.15, 0.2) is 30.3 Å². The van der Waals surface area contributed by atoms with Crippen molar-refractivity contribution in [3.8, 4) is 0 Å². The number of benzene rings is 1. The first kappa shape index (κ1) is 13.4. The van der Waals surface area contributed by atoms with E-state index in [1.807, 2.05) is 30.3 Å². The second-order valence-corrected chi connectivity index (χ2v) is 5.14. The molecule has 1 aromatic rings. The van der Waals surface area contributed by atoms with Crippen molar-refractivity contribution >= 4 is 18.6 Å². The predicted octanol–water partition coefficient (Wildman–Crippen LogP) is 1.10. The van der Waals surface area contributed by atoms with E-state index in [4.69, 9.17) is 4.74 Å². The molecule has 98 valence electrons. The number of piperidine rings is 1. The molecular formula is C14H20NO2S+. The van der Waals surface area contributed by atoms with Gasteiger partial charge in [0.25, 0.3) is 0 Å². The third kappa shape index (κ3) is 3.06. The molecule has 4 heteroatoms. The van der Waals surface area contributed by atoms with E-state index in [-0.39, 0.29) is 5.97 Å². The largest absolute Gasteiger partial charge is 0.448 e. The summed E-state index contributed by atoms with van der Waals surface area (Å²) in [6.07, 6.45) is 2.35. The second-order valence-electron chi connectivity index (χ2n) is 4.69. The molecule has 18 heavy (non-hydrogen) atoms. The molecule has 1 heterocycles. The highest BCUT2D eigenvalue weighted by molar-refractivity contribution is 7.80. The molecule has 1 unspecified atom stereocenters. The van der Waals surface area contributed by atoms with Gasteiger partial charge < -0.3 is 10.1 Å². The molecule has 3 nitrogen and oxygen atoms in total. The van der Waals surface area contributed by atoms with Crippen LogP contribution in [-0.4, -0.2) is 24.8 Å². The number of quaternary nitrogens is 1. The number of thiol groups is 1. The summed E-state index contributed by atoms with van der Waals surface area (Å²) < 4.78 is 5.79. The molecule has 0 spiro atoms. The fourth-order valence-electron chi connectivity index (χ4n) is 2.49. The van der Waals surface area contributed by atoms with Crippen molar-refractivity contribution in [3.63, 3.8) is 0 Å². The van der Waals surface area contributed by atoms with Crippen molar-refractivity contribution in [2.75, 3.05) is 18.8 Å². The van der Waals surface area contributed by atoms with Crippen LogP contribution in [0.3, 0.4) is 0 Å². The van der Waals surface area contributed by atoms with Gasteiger partial charge >= 0.3 is 5.97 Å². The van der Waals surface area contributed by atoms with E-state index in [1.165, 1.54) is 0 Å². The van der Waals surface area contributed by atoms with Crippen molar-refractivity contribution in [1.29, 1.82) is 0 Å². The number of hydrogen-bond donors (Lipinski definition) is 2. The van der Waals surface area contributed by atoms with Crippen LogP contribution >= 0.6 is 12.6 Å². The van der Waals surface area contributed by atoms with E-state index in [2.05, 4.69) is 17.9 Å². The van der Waals surface area contributed by atoms with Crippen LogP contribution in [0, 0.1) is 0 Å². The van der Waals surface area contributed by atoms with E-state index in [0.717, 1.165) is 31.5 Å². The maximum atomic E-state index is 11.8. The van der Waals surface area contributed by atoms with Gasteiger partial charge in [0.05, 0.1) is 13.0 Å². The number of ether oxygens (including phenoxy) is 1. The third-order valence-electron chi connectivity index (χ3n) is 3.39. The Morgan fingerprint density at radius 2 is 2.17 bits per heavy atom. The molecule has 0 saturated carbocycles. The molecule has 0 radical (unpaired) electrons. The average molecular weight is 266 g/mol. The van der Waals surface area contributed by atoms with Crippen LogP contribution in [-0.2, 0) is 15.1 Å². The van der Waals surface area contributed by atoms with Crippen LogP contribution < -0.4 is 5.32 Å². The Kier molecular flexibility index (Phi) is 4.66. The van der Waals surface area contributed by atoms with Crippen molar-refractivity contribution in [2.45, 2.75) is 24.9 Å².